The largest absolute Gasteiger partial charge is 0.485 e. The van der Waals surface area contributed by atoms with Gasteiger partial charge in [0.1, 0.15) is 6.61 Å². The average Bonchev–Trinajstić information content (AvgIpc) is 2.49. The van der Waals surface area contributed by atoms with Crippen molar-refractivity contribution in [2.24, 2.45) is 0 Å². The van der Waals surface area contributed by atoms with Crippen LogP contribution in [0.1, 0.15) is 0 Å². The number of fused-ring (bicyclic) bond motifs is 1. The summed E-state index contributed by atoms with van der Waals surface area (Å²) in [5.41, 5.74) is 0.480. The van der Waals surface area contributed by atoms with Gasteiger partial charge in [-0.25, -0.2) is 0 Å². The normalized spacial score (nSPS) is 16.4. The maximum atomic E-state index is 12.2. The summed E-state index contributed by atoms with van der Waals surface area (Å²) in [5.74, 6) is 0.853. The SMILES string of the molecule is O=C(Nc1ccc(Cl)cc1Cl)[C@@H]1COc2ccccc2O1. The van der Waals surface area contributed by atoms with Crippen molar-refractivity contribution in [2.75, 3.05) is 11.9 Å². The Bertz CT molecular complexity index is 690. The Morgan fingerprint density at radius 1 is 1.14 bits per heavy atom. The number of anilines is 1. The first kappa shape index (κ1) is 14.0. The van der Waals surface area contributed by atoms with Gasteiger partial charge in [0.15, 0.2) is 11.5 Å². The van der Waals surface area contributed by atoms with E-state index in [0.29, 0.717) is 27.2 Å². The van der Waals surface area contributed by atoms with Crippen LogP contribution in [0, 0.1) is 0 Å². The molecule has 1 aliphatic heterocycles. The molecule has 3 rings (SSSR count). The van der Waals surface area contributed by atoms with E-state index < -0.39 is 6.10 Å². The molecule has 0 saturated heterocycles. The van der Waals surface area contributed by atoms with Gasteiger partial charge >= 0.3 is 0 Å². The first-order chi connectivity index (χ1) is 10.1. The second kappa shape index (κ2) is 5.84. The van der Waals surface area contributed by atoms with Gasteiger partial charge in [0.25, 0.3) is 5.91 Å². The van der Waals surface area contributed by atoms with Crippen LogP contribution in [0.15, 0.2) is 42.5 Å². The highest BCUT2D eigenvalue weighted by molar-refractivity contribution is 6.36. The maximum absolute atomic E-state index is 12.2. The van der Waals surface area contributed by atoms with Crippen molar-refractivity contribution < 1.29 is 14.3 Å². The third kappa shape index (κ3) is 3.06. The standard InChI is InChI=1S/C15H11Cl2NO3/c16-9-5-6-11(10(17)7-9)18-15(19)14-8-20-12-3-1-2-4-13(12)21-14/h1-7,14H,8H2,(H,18,19)/t14-/m0/s1. The minimum Gasteiger partial charge on any atom is -0.485 e. The summed E-state index contributed by atoms with van der Waals surface area (Å²) in [7, 11) is 0. The third-order valence-electron chi connectivity index (χ3n) is 2.99. The Hall–Kier alpha value is -1.91. The Kier molecular flexibility index (Phi) is 3.90. The molecule has 0 aromatic heterocycles. The Morgan fingerprint density at radius 3 is 2.67 bits per heavy atom. The molecule has 6 heteroatoms. The van der Waals surface area contributed by atoms with Gasteiger partial charge in [0.2, 0.25) is 6.10 Å². The van der Waals surface area contributed by atoms with Crippen LogP contribution in [0.5, 0.6) is 11.5 Å². The molecule has 0 bridgehead atoms. The summed E-state index contributed by atoms with van der Waals surface area (Å²) >= 11 is 11.8. The molecule has 0 aliphatic carbocycles. The number of carbonyl (C=O) groups is 1. The lowest BCUT2D eigenvalue weighted by molar-refractivity contribution is -0.125. The number of hydrogen-bond acceptors (Lipinski definition) is 3. The van der Waals surface area contributed by atoms with E-state index in [2.05, 4.69) is 5.32 Å². The zero-order valence-electron chi connectivity index (χ0n) is 10.8. The second-order valence-corrected chi connectivity index (χ2v) is 5.32. The van der Waals surface area contributed by atoms with Crippen LogP contribution in [0.4, 0.5) is 5.69 Å². The maximum Gasteiger partial charge on any atom is 0.269 e. The van der Waals surface area contributed by atoms with Crippen LogP contribution >= 0.6 is 23.2 Å². The summed E-state index contributed by atoms with van der Waals surface area (Å²) in [5, 5.41) is 3.58. The first-order valence-electron chi connectivity index (χ1n) is 6.28. The van der Waals surface area contributed by atoms with E-state index in [1.165, 1.54) is 0 Å². The number of amides is 1. The summed E-state index contributed by atoms with van der Waals surface area (Å²) < 4.78 is 11.1. The fraction of sp³-hybridized carbons (Fsp3) is 0.133. The number of benzene rings is 2. The predicted molar refractivity (Wildman–Crippen MR) is 81.4 cm³/mol. The Labute approximate surface area is 131 Å². The van der Waals surface area contributed by atoms with Crippen molar-refractivity contribution in [2.45, 2.75) is 6.10 Å². The number of nitrogens with one attached hydrogen (secondary N) is 1. The van der Waals surface area contributed by atoms with Crippen molar-refractivity contribution in [1.82, 2.24) is 0 Å². The average molecular weight is 324 g/mol. The van der Waals surface area contributed by atoms with Gasteiger partial charge in [-0.3, -0.25) is 4.79 Å². The van der Waals surface area contributed by atoms with Crippen LogP contribution in [-0.4, -0.2) is 18.6 Å². The lowest BCUT2D eigenvalue weighted by atomic mass is 10.2. The van der Waals surface area contributed by atoms with Gasteiger partial charge in [-0.2, -0.15) is 0 Å². The van der Waals surface area contributed by atoms with Gasteiger partial charge in [0.05, 0.1) is 10.7 Å². The monoisotopic (exact) mass is 323 g/mol. The number of carbonyl (C=O) groups excluding carboxylic acids is 1. The van der Waals surface area contributed by atoms with Crippen molar-refractivity contribution in [3.63, 3.8) is 0 Å². The molecule has 1 aliphatic rings. The highest BCUT2D eigenvalue weighted by Crippen LogP contribution is 2.31. The van der Waals surface area contributed by atoms with Crippen molar-refractivity contribution >= 4 is 34.8 Å². The summed E-state index contributed by atoms with van der Waals surface area (Å²) in [6.07, 6.45) is -0.730. The highest BCUT2D eigenvalue weighted by Gasteiger charge is 2.27. The van der Waals surface area contributed by atoms with E-state index in [0.717, 1.165) is 0 Å². The molecule has 21 heavy (non-hydrogen) atoms. The molecule has 108 valence electrons. The fourth-order valence-corrected chi connectivity index (χ4v) is 2.41. The smallest absolute Gasteiger partial charge is 0.269 e. The molecule has 2 aromatic carbocycles. The van der Waals surface area contributed by atoms with Gasteiger partial charge < -0.3 is 14.8 Å². The first-order valence-corrected chi connectivity index (χ1v) is 7.03. The predicted octanol–water partition coefficient (Wildman–Crippen LogP) is 3.77. The third-order valence-corrected chi connectivity index (χ3v) is 3.54. The molecule has 1 heterocycles. The number of hydrogen-bond donors (Lipinski definition) is 1. The van der Waals surface area contributed by atoms with E-state index >= 15 is 0 Å². The van der Waals surface area contributed by atoms with Crippen LogP contribution in [-0.2, 0) is 4.79 Å². The Morgan fingerprint density at radius 2 is 1.90 bits per heavy atom. The molecule has 0 saturated carbocycles. The summed E-state index contributed by atoms with van der Waals surface area (Å²) in [4.78, 5) is 12.2. The summed E-state index contributed by atoms with van der Waals surface area (Å²) in [6, 6.07) is 12.1. The molecule has 2 aromatic rings. The molecular weight excluding hydrogens is 313 g/mol. The lowest BCUT2D eigenvalue weighted by Crippen LogP contribution is -2.40. The van der Waals surface area contributed by atoms with Gasteiger partial charge in [-0.1, -0.05) is 35.3 Å². The molecule has 0 unspecified atom stereocenters. The second-order valence-electron chi connectivity index (χ2n) is 4.48. The molecule has 0 fully saturated rings. The molecule has 0 radical (unpaired) electrons. The number of halogens is 2. The van der Waals surface area contributed by atoms with E-state index in [9.17, 15) is 4.79 Å². The summed E-state index contributed by atoms with van der Waals surface area (Å²) in [6.45, 7) is 0.147. The number of ether oxygens (including phenoxy) is 2. The minimum atomic E-state index is -0.730. The lowest BCUT2D eigenvalue weighted by Gasteiger charge is -2.25. The molecule has 4 nitrogen and oxygen atoms in total. The topological polar surface area (TPSA) is 47.6 Å². The molecule has 1 amide bonds. The molecule has 1 N–H and O–H groups in total. The van der Waals surface area contributed by atoms with Crippen LogP contribution in [0.3, 0.4) is 0 Å². The van der Waals surface area contributed by atoms with Gasteiger partial charge in [0, 0.05) is 5.02 Å². The molecule has 0 spiro atoms. The van der Waals surface area contributed by atoms with Crippen molar-refractivity contribution in [1.29, 1.82) is 0 Å². The Balaban J connectivity index is 1.72. The van der Waals surface area contributed by atoms with Crippen molar-refractivity contribution in [3.05, 3.63) is 52.5 Å². The van der Waals surface area contributed by atoms with Crippen LogP contribution in [0.2, 0.25) is 10.0 Å². The zero-order valence-corrected chi connectivity index (χ0v) is 12.3. The van der Waals surface area contributed by atoms with E-state index in [-0.39, 0.29) is 12.5 Å². The van der Waals surface area contributed by atoms with E-state index in [4.69, 9.17) is 32.7 Å². The molecule has 1 atom stereocenters. The highest BCUT2D eigenvalue weighted by atomic mass is 35.5. The number of para-hydroxylation sites is 2. The van der Waals surface area contributed by atoms with E-state index in [1.54, 1.807) is 30.3 Å². The zero-order chi connectivity index (χ0) is 14.8. The van der Waals surface area contributed by atoms with Crippen LogP contribution in [0.25, 0.3) is 0 Å². The van der Waals surface area contributed by atoms with Gasteiger partial charge in [-0.15, -0.1) is 0 Å². The number of rotatable bonds is 2. The van der Waals surface area contributed by atoms with Crippen LogP contribution < -0.4 is 14.8 Å². The van der Waals surface area contributed by atoms with Crippen molar-refractivity contribution in [3.8, 4) is 11.5 Å². The van der Waals surface area contributed by atoms with E-state index in [1.807, 2.05) is 12.1 Å². The fourth-order valence-electron chi connectivity index (χ4n) is 1.95. The van der Waals surface area contributed by atoms with Gasteiger partial charge in [-0.05, 0) is 30.3 Å². The molecular formula is C15H11Cl2NO3. The quantitative estimate of drug-likeness (QED) is 0.915. The minimum absolute atomic E-state index is 0.147.